The molecule has 2 rings (SSSR count). The molecule has 0 N–H and O–H groups in total. The van der Waals surface area contributed by atoms with Crippen LogP contribution in [0.3, 0.4) is 0 Å². The standard InChI is InChI=1S/C25H34O3/c1-7-25(18-20-14-10-9-11-15-20,21-16-12-13-17-22(21)27-6)24(5,19(3)4)23(26)28-8-2/h9-17,19H,7-8,18H2,1-6H3. The fourth-order valence-electron chi connectivity index (χ4n) is 4.49. The lowest BCUT2D eigenvalue weighted by molar-refractivity contribution is -0.164. The molecule has 0 fully saturated rings. The zero-order valence-electron chi connectivity index (χ0n) is 18.1. The van der Waals surface area contributed by atoms with Crippen LogP contribution in [0.15, 0.2) is 54.6 Å². The summed E-state index contributed by atoms with van der Waals surface area (Å²) in [6.45, 7) is 10.7. The molecule has 0 amide bonds. The fourth-order valence-corrected chi connectivity index (χ4v) is 4.49. The summed E-state index contributed by atoms with van der Waals surface area (Å²) < 4.78 is 11.4. The van der Waals surface area contributed by atoms with E-state index in [0.717, 1.165) is 24.2 Å². The SMILES string of the molecule is CCOC(=O)C(C)(C(C)C)C(CC)(Cc1ccccc1)c1ccccc1OC. The number of methoxy groups -OCH3 is 1. The van der Waals surface area contributed by atoms with Crippen LogP contribution in [0.1, 0.15) is 52.2 Å². The molecule has 2 aromatic carbocycles. The third-order valence-electron chi connectivity index (χ3n) is 6.42. The zero-order valence-corrected chi connectivity index (χ0v) is 18.1. The molecule has 0 saturated heterocycles. The van der Waals surface area contributed by atoms with Crippen LogP contribution in [0.2, 0.25) is 0 Å². The summed E-state index contributed by atoms with van der Waals surface area (Å²) in [5.41, 5.74) is 1.07. The van der Waals surface area contributed by atoms with Gasteiger partial charge in [-0.15, -0.1) is 0 Å². The molecule has 2 unspecified atom stereocenters. The minimum atomic E-state index is -0.720. The highest BCUT2D eigenvalue weighted by Gasteiger charge is 2.56. The lowest BCUT2D eigenvalue weighted by Crippen LogP contribution is -2.54. The fraction of sp³-hybridized carbons (Fsp3) is 0.480. The Morgan fingerprint density at radius 1 is 1.00 bits per heavy atom. The first-order valence-corrected chi connectivity index (χ1v) is 10.2. The molecule has 3 heteroatoms. The number of para-hydroxylation sites is 1. The molecule has 28 heavy (non-hydrogen) atoms. The predicted molar refractivity (Wildman–Crippen MR) is 115 cm³/mol. The molecule has 0 aliphatic carbocycles. The molecule has 0 aromatic heterocycles. The number of esters is 1. The highest BCUT2D eigenvalue weighted by Crippen LogP contribution is 2.54. The summed E-state index contributed by atoms with van der Waals surface area (Å²) in [6, 6.07) is 18.5. The van der Waals surface area contributed by atoms with Gasteiger partial charge in [0.25, 0.3) is 0 Å². The van der Waals surface area contributed by atoms with E-state index >= 15 is 0 Å². The molecule has 0 bridgehead atoms. The molecule has 152 valence electrons. The quantitative estimate of drug-likeness (QED) is 0.513. The Bertz CT molecular complexity index is 768. The van der Waals surface area contributed by atoms with Crippen LogP contribution in [0.25, 0.3) is 0 Å². The van der Waals surface area contributed by atoms with Crippen LogP contribution in [0.5, 0.6) is 5.75 Å². The van der Waals surface area contributed by atoms with Crippen molar-refractivity contribution < 1.29 is 14.3 Å². The van der Waals surface area contributed by atoms with Gasteiger partial charge in [0, 0.05) is 11.0 Å². The average Bonchev–Trinajstić information content (AvgIpc) is 2.72. The van der Waals surface area contributed by atoms with Gasteiger partial charge in [-0.3, -0.25) is 4.79 Å². The second-order valence-corrected chi connectivity index (χ2v) is 7.88. The molecule has 0 aliphatic heterocycles. The number of ether oxygens (including phenoxy) is 2. The Morgan fingerprint density at radius 3 is 2.14 bits per heavy atom. The minimum Gasteiger partial charge on any atom is -0.496 e. The molecular weight excluding hydrogens is 348 g/mol. The smallest absolute Gasteiger partial charge is 0.312 e. The zero-order chi connectivity index (χ0) is 20.8. The van der Waals surface area contributed by atoms with Gasteiger partial charge in [-0.05, 0) is 44.2 Å². The molecule has 3 nitrogen and oxygen atoms in total. The number of carbonyl (C=O) groups is 1. The second kappa shape index (κ2) is 9.27. The van der Waals surface area contributed by atoms with Crippen LogP contribution in [0, 0.1) is 11.3 Å². The summed E-state index contributed by atoms with van der Waals surface area (Å²) in [6.07, 6.45) is 1.52. The van der Waals surface area contributed by atoms with E-state index in [4.69, 9.17) is 9.47 Å². The highest BCUT2D eigenvalue weighted by molar-refractivity contribution is 5.80. The number of hydrogen-bond donors (Lipinski definition) is 0. The van der Waals surface area contributed by atoms with E-state index in [1.165, 1.54) is 5.56 Å². The van der Waals surface area contributed by atoms with Crippen LogP contribution >= 0.6 is 0 Å². The summed E-state index contributed by atoms with van der Waals surface area (Å²) in [7, 11) is 1.69. The van der Waals surface area contributed by atoms with E-state index in [1.807, 2.05) is 31.2 Å². The normalized spacial score (nSPS) is 15.5. The first kappa shape index (κ1) is 22.0. The Hall–Kier alpha value is -2.29. The van der Waals surface area contributed by atoms with Crippen molar-refractivity contribution >= 4 is 5.97 Å². The second-order valence-electron chi connectivity index (χ2n) is 7.88. The van der Waals surface area contributed by atoms with Gasteiger partial charge in [-0.25, -0.2) is 0 Å². The van der Waals surface area contributed by atoms with Crippen molar-refractivity contribution in [1.82, 2.24) is 0 Å². The molecule has 0 spiro atoms. The van der Waals surface area contributed by atoms with E-state index < -0.39 is 10.8 Å². The average molecular weight is 383 g/mol. The van der Waals surface area contributed by atoms with Crippen LogP contribution < -0.4 is 4.74 Å². The van der Waals surface area contributed by atoms with E-state index in [-0.39, 0.29) is 11.9 Å². The highest BCUT2D eigenvalue weighted by atomic mass is 16.5. The molecule has 0 radical (unpaired) electrons. The number of carbonyl (C=O) groups excluding carboxylic acids is 1. The first-order chi connectivity index (χ1) is 13.4. The lowest BCUT2D eigenvalue weighted by Gasteiger charge is -2.50. The van der Waals surface area contributed by atoms with Gasteiger partial charge in [0.15, 0.2) is 0 Å². The Labute approximate surface area is 170 Å². The minimum absolute atomic E-state index is 0.0834. The van der Waals surface area contributed by atoms with Crippen molar-refractivity contribution in [2.75, 3.05) is 13.7 Å². The number of benzene rings is 2. The van der Waals surface area contributed by atoms with Crippen molar-refractivity contribution in [2.45, 2.75) is 52.9 Å². The van der Waals surface area contributed by atoms with Gasteiger partial charge < -0.3 is 9.47 Å². The molecule has 0 aliphatic rings. The van der Waals surface area contributed by atoms with Gasteiger partial charge in [0.2, 0.25) is 0 Å². The number of hydrogen-bond acceptors (Lipinski definition) is 3. The maximum Gasteiger partial charge on any atom is 0.312 e. The van der Waals surface area contributed by atoms with Gasteiger partial charge in [0.1, 0.15) is 5.75 Å². The van der Waals surface area contributed by atoms with Crippen molar-refractivity contribution in [3.8, 4) is 5.75 Å². The third-order valence-corrected chi connectivity index (χ3v) is 6.42. The van der Waals surface area contributed by atoms with Gasteiger partial charge in [0.05, 0.1) is 19.1 Å². The van der Waals surface area contributed by atoms with Crippen LogP contribution in [-0.4, -0.2) is 19.7 Å². The maximum atomic E-state index is 13.4. The molecule has 0 heterocycles. The first-order valence-electron chi connectivity index (χ1n) is 10.2. The molecule has 0 saturated carbocycles. The summed E-state index contributed by atoms with van der Waals surface area (Å²) in [4.78, 5) is 13.4. The summed E-state index contributed by atoms with van der Waals surface area (Å²) in [5, 5.41) is 0. The van der Waals surface area contributed by atoms with Crippen molar-refractivity contribution in [2.24, 2.45) is 11.3 Å². The Morgan fingerprint density at radius 2 is 1.61 bits per heavy atom. The van der Waals surface area contributed by atoms with E-state index in [9.17, 15) is 4.79 Å². The molecular formula is C25H34O3. The Kier molecular flexibility index (Phi) is 7.29. The molecule has 2 aromatic rings. The lowest BCUT2D eigenvalue weighted by atomic mass is 9.52. The van der Waals surface area contributed by atoms with Crippen LogP contribution in [0.4, 0.5) is 0 Å². The van der Waals surface area contributed by atoms with E-state index in [1.54, 1.807) is 7.11 Å². The summed E-state index contributed by atoms with van der Waals surface area (Å²) in [5.74, 6) is 0.755. The van der Waals surface area contributed by atoms with Crippen molar-refractivity contribution in [3.05, 3.63) is 65.7 Å². The Balaban J connectivity index is 2.81. The number of rotatable bonds is 9. The van der Waals surface area contributed by atoms with E-state index in [0.29, 0.717) is 6.61 Å². The molecule has 2 atom stereocenters. The van der Waals surface area contributed by atoms with Gasteiger partial charge >= 0.3 is 5.97 Å². The largest absolute Gasteiger partial charge is 0.496 e. The van der Waals surface area contributed by atoms with Crippen LogP contribution in [-0.2, 0) is 21.4 Å². The summed E-state index contributed by atoms with van der Waals surface area (Å²) >= 11 is 0. The third kappa shape index (κ3) is 3.80. The topological polar surface area (TPSA) is 35.5 Å². The van der Waals surface area contributed by atoms with Gasteiger partial charge in [-0.1, -0.05) is 69.3 Å². The van der Waals surface area contributed by atoms with E-state index in [2.05, 4.69) is 58.0 Å². The maximum absolute atomic E-state index is 13.4. The monoisotopic (exact) mass is 382 g/mol. The van der Waals surface area contributed by atoms with Gasteiger partial charge in [-0.2, -0.15) is 0 Å². The van der Waals surface area contributed by atoms with Crippen molar-refractivity contribution in [1.29, 1.82) is 0 Å². The predicted octanol–water partition coefficient (Wildman–Crippen LogP) is 5.81. The van der Waals surface area contributed by atoms with Crippen molar-refractivity contribution in [3.63, 3.8) is 0 Å².